The van der Waals surface area contributed by atoms with E-state index >= 15 is 0 Å². The quantitative estimate of drug-likeness (QED) is 0.561. The molecule has 4 heterocycles. The number of nitrogens with zero attached hydrogens (tertiary/aromatic N) is 7. The van der Waals surface area contributed by atoms with Gasteiger partial charge in [0.2, 0.25) is 11.7 Å². The van der Waals surface area contributed by atoms with Gasteiger partial charge in [-0.05, 0) is 33.0 Å². The topological polar surface area (TPSA) is 71.1 Å². The Morgan fingerprint density at radius 1 is 1.12 bits per heavy atom. The highest BCUT2D eigenvalue weighted by molar-refractivity contribution is 5.44. The maximum atomic E-state index is 13.5. The van der Waals surface area contributed by atoms with E-state index in [1.54, 1.807) is 0 Å². The molecule has 0 bridgehead atoms. The first-order valence-electron chi connectivity index (χ1n) is 11.8. The number of rotatable bonds is 6. The van der Waals surface area contributed by atoms with E-state index < -0.39 is 0 Å². The van der Waals surface area contributed by atoms with Gasteiger partial charge in [0.1, 0.15) is 0 Å². The van der Waals surface area contributed by atoms with Crippen LogP contribution < -0.4 is 10.5 Å². The van der Waals surface area contributed by atoms with E-state index in [1.807, 2.05) is 6.07 Å². The number of ether oxygens (including phenoxy) is 1. The van der Waals surface area contributed by atoms with Gasteiger partial charge in [-0.15, -0.1) is 5.10 Å². The maximum absolute atomic E-state index is 13.5. The van der Waals surface area contributed by atoms with Crippen molar-refractivity contribution in [1.29, 1.82) is 0 Å². The fourth-order valence-corrected chi connectivity index (χ4v) is 5.03. The molecule has 1 atom stereocenters. The molecule has 0 N–H and O–H groups in total. The van der Waals surface area contributed by atoms with Crippen molar-refractivity contribution in [3.05, 3.63) is 57.5 Å². The molecule has 176 valence electrons. The molecule has 1 unspecified atom stereocenters. The minimum absolute atomic E-state index is 0.0281. The molecule has 33 heavy (non-hydrogen) atoms. The zero-order valence-corrected chi connectivity index (χ0v) is 19.8. The van der Waals surface area contributed by atoms with E-state index in [0.717, 1.165) is 56.9 Å². The number of hydrogen-bond donors (Lipinski definition) is 0. The summed E-state index contributed by atoms with van der Waals surface area (Å²) in [5.74, 6) is 1.25. The molecule has 1 aromatic carbocycles. The molecule has 9 heteroatoms. The lowest BCUT2D eigenvalue weighted by Crippen LogP contribution is -2.40. The Balaban J connectivity index is 1.58. The number of hydrogen-bond acceptors (Lipinski definition) is 7. The predicted octanol–water partition coefficient (Wildman–Crippen LogP) is 1.41. The molecule has 0 saturated carbocycles. The van der Waals surface area contributed by atoms with Crippen molar-refractivity contribution in [2.75, 3.05) is 58.4 Å². The van der Waals surface area contributed by atoms with Crippen molar-refractivity contribution < 1.29 is 4.74 Å². The first kappa shape index (κ1) is 22.1. The summed E-state index contributed by atoms with van der Waals surface area (Å²) in [7, 11) is 4.15. The second-order valence-electron chi connectivity index (χ2n) is 9.38. The third-order valence-electron chi connectivity index (χ3n) is 6.55. The van der Waals surface area contributed by atoms with Crippen LogP contribution in [0.15, 0.2) is 35.1 Å². The maximum Gasteiger partial charge on any atom is 0.279 e. The molecular weight excluding hydrogens is 418 g/mol. The SMILES string of the molecule is CC(CN(C)C)n1c2c(c(=O)n3nc(N4CCOCC4)nc13)CCN(Cc1ccccc1)C2. The van der Waals surface area contributed by atoms with Crippen LogP contribution in [0, 0.1) is 0 Å². The van der Waals surface area contributed by atoms with E-state index in [4.69, 9.17) is 9.72 Å². The van der Waals surface area contributed by atoms with Gasteiger partial charge in [-0.2, -0.15) is 9.50 Å². The molecule has 0 aliphatic carbocycles. The van der Waals surface area contributed by atoms with Gasteiger partial charge in [-0.1, -0.05) is 30.3 Å². The average Bonchev–Trinajstić information content (AvgIpc) is 3.25. The van der Waals surface area contributed by atoms with Gasteiger partial charge in [-0.25, -0.2) is 0 Å². The third kappa shape index (κ3) is 4.40. The smallest absolute Gasteiger partial charge is 0.279 e. The monoisotopic (exact) mass is 451 g/mol. The molecule has 9 nitrogen and oxygen atoms in total. The Bertz CT molecular complexity index is 1170. The van der Waals surface area contributed by atoms with Gasteiger partial charge in [0, 0.05) is 56.6 Å². The van der Waals surface area contributed by atoms with Crippen LogP contribution in [0.1, 0.15) is 29.8 Å². The van der Waals surface area contributed by atoms with Crippen LogP contribution in [-0.4, -0.2) is 82.5 Å². The lowest BCUT2D eigenvalue weighted by Gasteiger charge is -2.33. The molecule has 1 fully saturated rings. The Kier molecular flexibility index (Phi) is 6.18. The van der Waals surface area contributed by atoms with E-state index in [2.05, 4.69) is 69.7 Å². The van der Waals surface area contributed by atoms with Gasteiger partial charge < -0.3 is 19.1 Å². The first-order chi connectivity index (χ1) is 16.0. The minimum atomic E-state index is -0.0281. The minimum Gasteiger partial charge on any atom is -0.378 e. The molecule has 2 aliphatic heterocycles. The molecule has 5 rings (SSSR count). The molecule has 2 aromatic heterocycles. The van der Waals surface area contributed by atoms with Crippen LogP contribution in [0.4, 0.5) is 5.95 Å². The molecular formula is C24H33N7O2. The molecule has 0 spiro atoms. The summed E-state index contributed by atoms with van der Waals surface area (Å²) in [6.45, 7) is 8.29. The average molecular weight is 452 g/mol. The van der Waals surface area contributed by atoms with Crippen LogP contribution in [0.2, 0.25) is 0 Å². The Hall–Kier alpha value is -2.75. The second kappa shape index (κ2) is 9.24. The van der Waals surface area contributed by atoms with Gasteiger partial charge in [0.25, 0.3) is 5.56 Å². The normalized spacial score (nSPS) is 18.1. The van der Waals surface area contributed by atoms with Gasteiger partial charge in [0.05, 0.1) is 13.2 Å². The zero-order chi connectivity index (χ0) is 22.9. The number of fused-ring (bicyclic) bond motifs is 2. The molecule has 1 saturated heterocycles. The molecule has 3 aromatic rings. The van der Waals surface area contributed by atoms with E-state index in [0.29, 0.717) is 24.9 Å². The summed E-state index contributed by atoms with van der Waals surface area (Å²) < 4.78 is 9.27. The van der Waals surface area contributed by atoms with Crippen LogP contribution >= 0.6 is 0 Å². The van der Waals surface area contributed by atoms with Gasteiger partial charge in [-0.3, -0.25) is 9.69 Å². The zero-order valence-electron chi connectivity index (χ0n) is 19.8. The summed E-state index contributed by atoms with van der Waals surface area (Å²) >= 11 is 0. The molecule has 0 radical (unpaired) electrons. The number of aromatic nitrogens is 4. The summed E-state index contributed by atoms with van der Waals surface area (Å²) in [4.78, 5) is 25.1. The standard InChI is InChI=1S/C24H33N7O2/c1-18(15-27(2)3)30-21-17-28(16-19-7-5-4-6-8-19)10-9-20(21)22(32)31-24(30)25-23(26-31)29-11-13-33-14-12-29/h4-8,18H,9-17H2,1-3H3. The van der Waals surface area contributed by atoms with Crippen LogP contribution in [0.3, 0.4) is 0 Å². The van der Waals surface area contributed by atoms with Crippen molar-refractivity contribution in [2.45, 2.75) is 32.5 Å². The third-order valence-corrected chi connectivity index (χ3v) is 6.55. The second-order valence-corrected chi connectivity index (χ2v) is 9.38. The van der Waals surface area contributed by atoms with E-state index in [-0.39, 0.29) is 11.6 Å². The van der Waals surface area contributed by atoms with Crippen molar-refractivity contribution in [3.63, 3.8) is 0 Å². The highest BCUT2D eigenvalue weighted by Crippen LogP contribution is 2.25. The first-order valence-corrected chi connectivity index (χ1v) is 11.8. The lowest BCUT2D eigenvalue weighted by molar-refractivity contribution is 0.122. The number of likely N-dealkylation sites (N-methyl/N-ethyl adjacent to an activating group) is 1. The van der Waals surface area contributed by atoms with E-state index in [9.17, 15) is 4.79 Å². The Morgan fingerprint density at radius 2 is 1.88 bits per heavy atom. The highest BCUT2D eigenvalue weighted by Gasteiger charge is 2.29. The van der Waals surface area contributed by atoms with Crippen molar-refractivity contribution >= 4 is 11.7 Å². The molecule has 0 amide bonds. The van der Waals surface area contributed by atoms with Crippen LogP contribution in [0.25, 0.3) is 5.78 Å². The van der Waals surface area contributed by atoms with Crippen molar-refractivity contribution in [2.24, 2.45) is 0 Å². The fraction of sp³-hybridized carbons (Fsp3) is 0.542. The van der Waals surface area contributed by atoms with E-state index in [1.165, 1.54) is 10.1 Å². The summed E-state index contributed by atoms with van der Waals surface area (Å²) in [6.07, 6.45) is 0.721. The van der Waals surface area contributed by atoms with Crippen LogP contribution in [-0.2, 0) is 24.2 Å². The summed E-state index contributed by atoms with van der Waals surface area (Å²) in [5, 5.41) is 4.67. The van der Waals surface area contributed by atoms with Crippen molar-refractivity contribution in [1.82, 2.24) is 29.0 Å². The van der Waals surface area contributed by atoms with Gasteiger partial charge >= 0.3 is 0 Å². The van der Waals surface area contributed by atoms with Gasteiger partial charge in [0.15, 0.2) is 0 Å². The predicted molar refractivity (Wildman–Crippen MR) is 128 cm³/mol. The highest BCUT2D eigenvalue weighted by atomic mass is 16.5. The summed E-state index contributed by atoms with van der Waals surface area (Å²) in [6, 6.07) is 10.7. The Morgan fingerprint density at radius 3 is 2.61 bits per heavy atom. The number of morpholine rings is 1. The number of benzene rings is 1. The Labute approximate surface area is 194 Å². The summed E-state index contributed by atoms with van der Waals surface area (Å²) in [5.41, 5.74) is 3.20. The lowest BCUT2D eigenvalue weighted by atomic mass is 10.0. The molecule has 2 aliphatic rings. The van der Waals surface area contributed by atoms with Crippen molar-refractivity contribution in [3.8, 4) is 0 Å². The van der Waals surface area contributed by atoms with Crippen LogP contribution in [0.5, 0.6) is 0 Å². The largest absolute Gasteiger partial charge is 0.378 e. The number of anilines is 1. The fourth-order valence-electron chi connectivity index (χ4n) is 5.03.